The Bertz CT molecular complexity index is 1010. The SMILES string of the molecule is CN1C(=O)C2C(c3cccc(F)c3)=C(Nc3ccccc3)OC2=[N+](C)C1=O. The van der Waals surface area contributed by atoms with Crippen molar-refractivity contribution in [1.29, 1.82) is 0 Å². The van der Waals surface area contributed by atoms with Gasteiger partial charge in [-0.25, -0.2) is 9.18 Å². The lowest BCUT2D eigenvalue weighted by Gasteiger charge is -2.20. The summed E-state index contributed by atoms with van der Waals surface area (Å²) in [6.07, 6.45) is 0. The highest BCUT2D eigenvalue weighted by Crippen LogP contribution is 2.38. The molecule has 0 fully saturated rings. The van der Waals surface area contributed by atoms with Crippen LogP contribution in [0.25, 0.3) is 5.57 Å². The minimum atomic E-state index is -0.828. The standard InChI is InChI=1S/C20H17FN3O3/c1-23-18(25)16-15(12-7-6-8-13(21)11-12)17(22-14-9-4-3-5-10-14)27-19(16)24(2)20(23)26/h3-11,16,22H,1-2H3/q+1. The van der Waals surface area contributed by atoms with Crippen LogP contribution in [0.1, 0.15) is 5.56 Å². The van der Waals surface area contributed by atoms with Crippen molar-refractivity contribution in [3.05, 3.63) is 71.9 Å². The molecule has 0 radical (unpaired) electrons. The molecule has 2 aromatic rings. The number of benzene rings is 2. The summed E-state index contributed by atoms with van der Waals surface area (Å²) in [4.78, 5) is 26.2. The molecule has 2 heterocycles. The molecule has 1 atom stereocenters. The molecule has 6 nitrogen and oxygen atoms in total. The van der Waals surface area contributed by atoms with Crippen molar-refractivity contribution in [3.63, 3.8) is 0 Å². The van der Waals surface area contributed by atoms with Gasteiger partial charge in [0.15, 0.2) is 5.92 Å². The minimum absolute atomic E-state index is 0.209. The van der Waals surface area contributed by atoms with E-state index in [1.54, 1.807) is 19.2 Å². The number of fused-ring (bicyclic) bond motifs is 1. The van der Waals surface area contributed by atoms with Gasteiger partial charge in [-0.3, -0.25) is 0 Å². The van der Waals surface area contributed by atoms with Crippen molar-refractivity contribution in [3.8, 4) is 0 Å². The number of carbonyl (C=O) groups excluding carboxylic acids is 2. The van der Waals surface area contributed by atoms with Gasteiger partial charge in [0.2, 0.25) is 5.88 Å². The van der Waals surface area contributed by atoms with Crippen molar-refractivity contribution < 1.29 is 23.3 Å². The van der Waals surface area contributed by atoms with Crippen LogP contribution in [-0.2, 0) is 9.53 Å². The number of halogens is 1. The highest BCUT2D eigenvalue weighted by atomic mass is 19.1. The predicted molar refractivity (Wildman–Crippen MR) is 97.3 cm³/mol. The summed E-state index contributed by atoms with van der Waals surface area (Å²) in [6.45, 7) is 0. The van der Waals surface area contributed by atoms with Gasteiger partial charge in [-0.1, -0.05) is 30.3 Å². The second-order valence-corrected chi connectivity index (χ2v) is 6.36. The van der Waals surface area contributed by atoms with Gasteiger partial charge in [0.25, 0.3) is 5.90 Å². The van der Waals surface area contributed by atoms with Crippen molar-refractivity contribution in [2.75, 3.05) is 19.4 Å². The number of nitrogens with zero attached hydrogens (tertiary/aromatic N) is 2. The Hall–Kier alpha value is -3.48. The van der Waals surface area contributed by atoms with Crippen LogP contribution < -0.4 is 5.32 Å². The molecule has 136 valence electrons. The van der Waals surface area contributed by atoms with Crippen LogP contribution in [0.3, 0.4) is 0 Å². The number of ether oxygens (including phenoxy) is 1. The summed E-state index contributed by atoms with van der Waals surface area (Å²) in [5.41, 5.74) is 1.75. The molecule has 7 heteroatoms. The first-order chi connectivity index (χ1) is 13.0. The maximum absolute atomic E-state index is 13.9. The summed E-state index contributed by atoms with van der Waals surface area (Å²) in [6, 6.07) is 14.8. The van der Waals surface area contributed by atoms with E-state index in [-0.39, 0.29) is 5.90 Å². The van der Waals surface area contributed by atoms with Crippen LogP contribution in [0.15, 0.2) is 60.5 Å². The number of para-hydroxylation sites is 1. The molecule has 0 aromatic heterocycles. The van der Waals surface area contributed by atoms with Gasteiger partial charge in [-0.15, -0.1) is 0 Å². The summed E-state index contributed by atoms with van der Waals surface area (Å²) in [5, 5.41) is 3.14. The van der Waals surface area contributed by atoms with E-state index in [9.17, 15) is 14.0 Å². The minimum Gasteiger partial charge on any atom is -0.408 e. The first-order valence-electron chi connectivity index (χ1n) is 8.39. The molecule has 0 spiro atoms. The van der Waals surface area contributed by atoms with E-state index in [0.717, 1.165) is 10.6 Å². The molecule has 3 amide bonds. The molecule has 27 heavy (non-hydrogen) atoms. The lowest BCUT2D eigenvalue weighted by molar-refractivity contribution is -0.415. The van der Waals surface area contributed by atoms with E-state index in [1.807, 2.05) is 30.3 Å². The summed E-state index contributed by atoms with van der Waals surface area (Å²) in [5.74, 6) is -1.16. The Kier molecular flexibility index (Phi) is 3.99. The molecule has 0 saturated heterocycles. The maximum Gasteiger partial charge on any atom is 0.502 e. The van der Waals surface area contributed by atoms with Crippen molar-refractivity contribution >= 4 is 29.1 Å². The van der Waals surface area contributed by atoms with Crippen molar-refractivity contribution in [2.45, 2.75) is 0 Å². The Labute approximate surface area is 155 Å². The molecule has 1 unspecified atom stereocenters. The zero-order valence-corrected chi connectivity index (χ0v) is 14.8. The quantitative estimate of drug-likeness (QED) is 0.849. The molecule has 2 aliphatic rings. The summed E-state index contributed by atoms with van der Waals surface area (Å²) in [7, 11) is 2.96. The fraction of sp³-hybridized carbons (Fsp3) is 0.150. The second kappa shape index (κ2) is 6.35. The van der Waals surface area contributed by atoms with Gasteiger partial charge < -0.3 is 10.1 Å². The van der Waals surface area contributed by atoms with Crippen LogP contribution in [-0.4, -0.2) is 41.4 Å². The number of hydrogen-bond acceptors (Lipinski definition) is 4. The number of imide groups is 1. The van der Waals surface area contributed by atoms with Crippen molar-refractivity contribution in [2.24, 2.45) is 5.92 Å². The van der Waals surface area contributed by atoms with E-state index in [0.29, 0.717) is 17.0 Å². The largest absolute Gasteiger partial charge is 0.502 e. The fourth-order valence-electron chi connectivity index (χ4n) is 3.27. The first kappa shape index (κ1) is 17.0. The van der Waals surface area contributed by atoms with E-state index in [1.165, 1.54) is 23.8 Å². The number of carbonyl (C=O) groups is 2. The number of rotatable bonds is 3. The Morgan fingerprint density at radius 1 is 1.11 bits per heavy atom. The number of anilines is 1. The molecular weight excluding hydrogens is 349 g/mol. The van der Waals surface area contributed by atoms with Crippen LogP contribution >= 0.6 is 0 Å². The molecule has 2 aromatic carbocycles. The lowest BCUT2D eigenvalue weighted by atomic mass is 9.91. The fourth-order valence-corrected chi connectivity index (χ4v) is 3.27. The van der Waals surface area contributed by atoms with Crippen molar-refractivity contribution in [1.82, 2.24) is 4.90 Å². The predicted octanol–water partition coefficient (Wildman–Crippen LogP) is 2.89. The Morgan fingerprint density at radius 3 is 2.56 bits per heavy atom. The topological polar surface area (TPSA) is 61.7 Å². The molecule has 4 rings (SSSR count). The van der Waals surface area contributed by atoms with Crippen LogP contribution in [0.2, 0.25) is 0 Å². The number of nitrogens with one attached hydrogen (secondary N) is 1. The van der Waals surface area contributed by atoms with E-state index in [4.69, 9.17) is 4.74 Å². The number of urea groups is 1. The highest BCUT2D eigenvalue weighted by Gasteiger charge is 2.53. The molecular formula is C20H17FN3O3+. The normalized spacial score (nSPS) is 19.4. The maximum atomic E-state index is 13.9. The Morgan fingerprint density at radius 2 is 1.85 bits per heavy atom. The third kappa shape index (κ3) is 2.77. The lowest BCUT2D eigenvalue weighted by Crippen LogP contribution is -2.51. The summed E-state index contributed by atoms with van der Waals surface area (Å²) >= 11 is 0. The van der Waals surface area contributed by atoms with Gasteiger partial charge in [-0.05, 0) is 29.8 Å². The average molecular weight is 366 g/mol. The van der Waals surface area contributed by atoms with Gasteiger partial charge >= 0.3 is 11.9 Å². The van der Waals surface area contributed by atoms with Gasteiger partial charge in [0.05, 0.1) is 14.1 Å². The molecule has 0 aliphatic carbocycles. The third-order valence-electron chi connectivity index (χ3n) is 4.64. The number of hydrogen-bond donors (Lipinski definition) is 1. The zero-order valence-electron chi connectivity index (χ0n) is 14.8. The molecule has 2 aliphatic heterocycles. The van der Waals surface area contributed by atoms with Crippen LogP contribution in [0, 0.1) is 11.7 Å². The molecule has 1 N–H and O–H groups in total. The van der Waals surface area contributed by atoms with Gasteiger partial charge in [0.1, 0.15) is 5.82 Å². The van der Waals surface area contributed by atoms with Crippen LogP contribution in [0.5, 0.6) is 0 Å². The van der Waals surface area contributed by atoms with E-state index >= 15 is 0 Å². The molecule has 0 bridgehead atoms. The Balaban J connectivity index is 1.89. The molecule has 0 saturated carbocycles. The van der Waals surface area contributed by atoms with E-state index in [2.05, 4.69) is 5.32 Å². The van der Waals surface area contributed by atoms with Crippen LogP contribution in [0.4, 0.5) is 14.9 Å². The first-order valence-corrected chi connectivity index (χ1v) is 8.39. The number of amides is 3. The average Bonchev–Trinajstić information content (AvgIpc) is 3.05. The summed E-state index contributed by atoms with van der Waals surface area (Å²) < 4.78 is 21.1. The second-order valence-electron chi connectivity index (χ2n) is 6.36. The van der Waals surface area contributed by atoms with E-state index < -0.39 is 23.7 Å². The highest BCUT2D eigenvalue weighted by molar-refractivity contribution is 6.18. The third-order valence-corrected chi connectivity index (χ3v) is 4.64. The monoisotopic (exact) mass is 366 g/mol. The van der Waals surface area contributed by atoms with Gasteiger partial charge in [0, 0.05) is 11.3 Å². The zero-order chi connectivity index (χ0) is 19.1. The van der Waals surface area contributed by atoms with Gasteiger partial charge in [-0.2, -0.15) is 14.3 Å². The smallest absolute Gasteiger partial charge is 0.408 e.